The molecule has 0 saturated carbocycles. The second-order valence-electron chi connectivity index (χ2n) is 8.40. The maximum absolute atomic E-state index is 12.9. The van der Waals surface area contributed by atoms with Crippen LogP contribution >= 0.6 is 11.3 Å². The number of nitrogens with zero attached hydrogens (tertiary/aromatic N) is 2. The Kier molecular flexibility index (Phi) is 6.27. The van der Waals surface area contributed by atoms with E-state index in [9.17, 15) is 9.59 Å². The van der Waals surface area contributed by atoms with Gasteiger partial charge in [0.1, 0.15) is 16.7 Å². The van der Waals surface area contributed by atoms with Gasteiger partial charge in [-0.2, -0.15) is 0 Å². The van der Waals surface area contributed by atoms with Gasteiger partial charge in [-0.15, -0.1) is 11.3 Å². The molecule has 156 valence electrons. The minimum Gasteiger partial charge on any atom is -0.444 e. The van der Waals surface area contributed by atoms with Crippen LogP contribution in [0.2, 0.25) is 0 Å². The van der Waals surface area contributed by atoms with Crippen LogP contribution in [0.3, 0.4) is 0 Å². The molecule has 1 aromatic carbocycles. The van der Waals surface area contributed by atoms with Crippen LogP contribution in [0, 0.1) is 6.92 Å². The van der Waals surface area contributed by atoms with Crippen molar-refractivity contribution in [2.24, 2.45) is 0 Å². The Bertz CT molecular complexity index is 873. The molecule has 29 heavy (non-hydrogen) atoms. The number of hydrogen-bond acceptors (Lipinski definition) is 5. The van der Waals surface area contributed by atoms with Gasteiger partial charge in [-0.05, 0) is 47.5 Å². The van der Waals surface area contributed by atoms with Gasteiger partial charge in [0.05, 0.1) is 16.6 Å². The molecule has 1 N–H and O–H groups in total. The molecule has 0 radical (unpaired) electrons. The predicted molar refractivity (Wildman–Crippen MR) is 115 cm³/mol. The van der Waals surface area contributed by atoms with E-state index in [1.54, 1.807) is 16.2 Å². The van der Waals surface area contributed by atoms with Crippen molar-refractivity contribution < 1.29 is 14.3 Å². The highest BCUT2D eigenvalue weighted by molar-refractivity contribution is 7.15. The van der Waals surface area contributed by atoms with Gasteiger partial charge >= 0.3 is 6.09 Å². The van der Waals surface area contributed by atoms with Gasteiger partial charge in [0.15, 0.2) is 0 Å². The first-order valence-electron chi connectivity index (χ1n) is 9.98. The summed E-state index contributed by atoms with van der Waals surface area (Å²) in [7, 11) is 0. The standard InChI is InChI=1S/C22H29N3O3S/c1-14(18-15(2)24-20(29-18)16-10-7-6-8-11-16)23-19(26)17-12-9-13-25(17)21(27)28-22(3,4)5/h6-8,10-11,14,17H,9,12-13H2,1-5H3,(H,23,26)/t14?,17-/m0/s1. The van der Waals surface area contributed by atoms with Crippen LogP contribution in [0.4, 0.5) is 4.79 Å². The van der Waals surface area contributed by atoms with E-state index in [2.05, 4.69) is 10.3 Å². The van der Waals surface area contributed by atoms with Crippen molar-refractivity contribution in [2.75, 3.05) is 6.54 Å². The molecule has 1 unspecified atom stereocenters. The molecule has 7 heteroatoms. The molecule has 0 aliphatic carbocycles. The van der Waals surface area contributed by atoms with Crippen LogP contribution in [0.15, 0.2) is 30.3 Å². The van der Waals surface area contributed by atoms with Gasteiger partial charge in [-0.25, -0.2) is 9.78 Å². The molecule has 1 fully saturated rings. The average Bonchev–Trinajstić information content (AvgIpc) is 3.28. The summed E-state index contributed by atoms with van der Waals surface area (Å²) in [5.41, 5.74) is 1.40. The number of aryl methyl sites for hydroxylation is 1. The van der Waals surface area contributed by atoms with Crippen LogP contribution in [0.1, 0.15) is 57.1 Å². The average molecular weight is 416 g/mol. The van der Waals surface area contributed by atoms with Crippen LogP contribution in [0.25, 0.3) is 10.6 Å². The first kappa shape index (κ1) is 21.3. The van der Waals surface area contributed by atoms with Gasteiger partial charge in [-0.1, -0.05) is 30.3 Å². The van der Waals surface area contributed by atoms with Crippen molar-refractivity contribution in [3.8, 4) is 10.6 Å². The lowest BCUT2D eigenvalue weighted by Crippen LogP contribution is -2.48. The van der Waals surface area contributed by atoms with E-state index in [1.807, 2.05) is 65.0 Å². The molecule has 1 saturated heterocycles. The number of carbonyl (C=O) groups is 2. The lowest BCUT2D eigenvalue weighted by Gasteiger charge is -2.28. The molecule has 1 aliphatic heterocycles. The number of nitrogens with one attached hydrogen (secondary N) is 1. The number of carbonyl (C=O) groups excluding carboxylic acids is 2. The van der Waals surface area contributed by atoms with Gasteiger partial charge in [0.2, 0.25) is 5.91 Å². The van der Waals surface area contributed by atoms with Gasteiger partial charge in [0, 0.05) is 12.1 Å². The number of rotatable bonds is 4. The minimum atomic E-state index is -0.582. The highest BCUT2D eigenvalue weighted by Crippen LogP contribution is 2.32. The third kappa shape index (κ3) is 5.15. The van der Waals surface area contributed by atoms with E-state index in [-0.39, 0.29) is 11.9 Å². The minimum absolute atomic E-state index is 0.144. The van der Waals surface area contributed by atoms with E-state index in [1.165, 1.54) is 0 Å². The monoisotopic (exact) mass is 415 g/mol. The molecular formula is C22H29N3O3S. The summed E-state index contributed by atoms with van der Waals surface area (Å²) in [6, 6.07) is 9.34. The number of ether oxygens (including phenoxy) is 1. The zero-order chi connectivity index (χ0) is 21.2. The number of benzene rings is 1. The van der Waals surface area contributed by atoms with Crippen molar-refractivity contribution in [2.45, 2.75) is 65.1 Å². The van der Waals surface area contributed by atoms with Crippen molar-refractivity contribution in [1.29, 1.82) is 0 Å². The van der Waals surface area contributed by atoms with E-state index in [0.29, 0.717) is 13.0 Å². The second-order valence-corrected chi connectivity index (χ2v) is 9.43. The number of hydrogen-bond donors (Lipinski definition) is 1. The van der Waals surface area contributed by atoms with Crippen molar-refractivity contribution in [1.82, 2.24) is 15.2 Å². The Morgan fingerprint density at radius 2 is 1.97 bits per heavy atom. The molecule has 2 atom stereocenters. The van der Waals surface area contributed by atoms with E-state index in [0.717, 1.165) is 27.6 Å². The molecule has 1 aliphatic rings. The van der Waals surface area contributed by atoms with Crippen molar-refractivity contribution >= 4 is 23.3 Å². The summed E-state index contributed by atoms with van der Waals surface area (Å²) in [6.07, 6.45) is 1.01. The number of likely N-dealkylation sites (tertiary alicyclic amines) is 1. The highest BCUT2D eigenvalue weighted by atomic mass is 32.1. The largest absolute Gasteiger partial charge is 0.444 e. The molecule has 2 amide bonds. The third-order valence-electron chi connectivity index (χ3n) is 4.79. The van der Waals surface area contributed by atoms with Crippen LogP contribution < -0.4 is 5.32 Å². The summed E-state index contributed by atoms with van der Waals surface area (Å²) >= 11 is 1.59. The molecule has 3 rings (SSSR count). The number of aromatic nitrogens is 1. The lowest BCUT2D eigenvalue weighted by atomic mass is 10.1. The van der Waals surface area contributed by atoms with E-state index >= 15 is 0 Å². The SMILES string of the molecule is Cc1nc(-c2ccccc2)sc1C(C)NC(=O)[C@@H]1CCCN1C(=O)OC(C)(C)C. The van der Waals surface area contributed by atoms with Crippen LogP contribution in [-0.2, 0) is 9.53 Å². The van der Waals surface area contributed by atoms with Gasteiger partial charge in [-0.3, -0.25) is 9.69 Å². The maximum Gasteiger partial charge on any atom is 0.410 e. The highest BCUT2D eigenvalue weighted by Gasteiger charge is 2.37. The van der Waals surface area contributed by atoms with Crippen molar-refractivity contribution in [3.63, 3.8) is 0 Å². The Labute approximate surface area is 176 Å². The molecule has 0 spiro atoms. The number of amides is 2. The van der Waals surface area contributed by atoms with Crippen molar-refractivity contribution in [3.05, 3.63) is 40.9 Å². The second kappa shape index (κ2) is 8.53. The molecular weight excluding hydrogens is 386 g/mol. The fourth-order valence-corrected chi connectivity index (χ4v) is 4.54. The Balaban J connectivity index is 1.69. The van der Waals surface area contributed by atoms with Crippen LogP contribution in [0.5, 0.6) is 0 Å². The molecule has 2 aromatic rings. The topological polar surface area (TPSA) is 71.5 Å². The zero-order valence-electron chi connectivity index (χ0n) is 17.7. The summed E-state index contributed by atoms with van der Waals surface area (Å²) in [5.74, 6) is -0.144. The van der Waals surface area contributed by atoms with E-state index in [4.69, 9.17) is 4.74 Å². The predicted octanol–water partition coefficient (Wildman–Crippen LogP) is 4.70. The normalized spacial score (nSPS) is 17.8. The first-order valence-corrected chi connectivity index (χ1v) is 10.8. The molecule has 0 bridgehead atoms. The Morgan fingerprint density at radius 1 is 1.28 bits per heavy atom. The number of thiazole rings is 1. The molecule has 2 heterocycles. The van der Waals surface area contributed by atoms with E-state index < -0.39 is 17.7 Å². The molecule has 6 nitrogen and oxygen atoms in total. The van der Waals surface area contributed by atoms with Crippen LogP contribution in [-0.4, -0.2) is 40.1 Å². The Morgan fingerprint density at radius 3 is 2.62 bits per heavy atom. The zero-order valence-corrected chi connectivity index (χ0v) is 18.5. The quantitative estimate of drug-likeness (QED) is 0.786. The van der Waals surface area contributed by atoms with Gasteiger partial charge < -0.3 is 10.1 Å². The third-order valence-corrected chi connectivity index (χ3v) is 6.18. The molecule has 1 aromatic heterocycles. The fourth-order valence-electron chi connectivity index (χ4n) is 3.47. The van der Waals surface area contributed by atoms with Gasteiger partial charge in [0.25, 0.3) is 0 Å². The lowest BCUT2D eigenvalue weighted by molar-refractivity contribution is -0.126. The summed E-state index contributed by atoms with van der Waals surface area (Å²) in [6.45, 7) is 9.95. The maximum atomic E-state index is 12.9. The first-order chi connectivity index (χ1) is 13.7. The fraction of sp³-hybridized carbons (Fsp3) is 0.500. The summed E-state index contributed by atoms with van der Waals surface area (Å²) < 4.78 is 5.46. The smallest absolute Gasteiger partial charge is 0.410 e. The summed E-state index contributed by atoms with van der Waals surface area (Å²) in [4.78, 5) is 32.6. The Hall–Kier alpha value is -2.41. The summed E-state index contributed by atoms with van der Waals surface area (Å²) in [5, 5.41) is 4.01.